The first-order chi connectivity index (χ1) is 12.7. The maximum Gasteiger partial charge on any atom is 0.336 e. The minimum absolute atomic E-state index is 0.314. The molecule has 4 rings (SSSR count). The van der Waals surface area contributed by atoms with E-state index < -0.39 is 0 Å². The molecule has 0 bridgehead atoms. The quantitative estimate of drug-likeness (QED) is 0.383. The summed E-state index contributed by atoms with van der Waals surface area (Å²) in [4.78, 5) is 16.4. The Hall–Kier alpha value is -2.79. The van der Waals surface area contributed by atoms with Crippen molar-refractivity contribution in [1.29, 1.82) is 0 Å². The predicted octanol–water partition coefficient (Wildman–Crippen LogP) is 4.64. The Labute approximate surface area is 155 Å². The molecule has 2 aromatic carbocycles. The van der Waals surface area contributed by atoms with Crippen molar-refractivity contribution < 1.29 is 4.42 Å². The third-order valence-corrected chi connectivity index (χ3v) is 5.27. The normalized spacial score (nSPS) is 11.1. The van der Waals surface area contributed by atoms with Crippen molar-refractivity contribution >= 4 is 22.7 Å². The first kappa shape index (κ1) is 16.7. The smallest absolute Gasteiger partial charge is 0.336 e. The summed E-state index contributed by atoms with van der Waals surface area (Å²) in [6.45, 7) is 2.77. The number of rotatable bonds is 5. The van der Waals surface area contributed by atoms with Crippen LogP contribution >= 0.6 is 11.8 Å². The zero-order valence-corrected chi connectivity index (χ0v) is 15.2. The highest BCUT2D eigenvalue weighted by Gasteiger charge is 2.09. The van der Waals surface area contributed by atoms with Gasteiger partial charge in [-0.1, -0.05) is 54.2 Å². The van der Waals surface area contributed by atoms with Gasteiger partial charge in [-0.3, -0.25) is 0 Å². The Morgan fingerprint density at radius 3 is 2.81 bits per heavy atom. The molecule has 0 aliphatic heterocycles. The van der Waals surface area contributed by atoms with E-state index in [1.807, 2.05) is 55.7 Å². The molecule has 0 saturated heterocycles. The molecule has 2 aromatic heterocycles. The molecule has 0 radical (unpaired) electrons. The minimum Gasteiger partial charge on any atom is -0.423 e. The number of hydrogen-bond acceptors (Lipinski definition) is 4. The van der Waals surface area contributed by atoms with Crippen LogP contribution in [0.4, 0.5) is 0 Å². The van der Waals surface area contributed by atoms with Crippen molar-refractivity contribution in [3.05, 3.63) is 94.1 Å². The summed E-state index contributed by atoms with van der Waals surface area (Å²) in [5.41, 5.74) is 3.60. The van der Waals surface area contributed by atoms with E-state index in [4.69, 9.17) is 4.42 Å². The van der Waals surface area contributed by atoms with Gasteiger partial charge in [0, 0.05) is 36.1 Å². The Bertz CT molecular complexity index is 1100. The maximum absolute atomic E-state index is 11.9. The fourth-order valence-electron chi connectivity index (χ4n) is 2.93. The van der Waals surface area contributed by atoms with Crippen molar-refractivity contribution in [2.24, 2.45) is 0 Å². The standard InChI is InChI=1S/C21H18N2O2S/c1-15-7-8-18-17(12-20(24)25-19(18)11-15)14-26-21-22-9-10-23(21)13-16-5-3-2-4-6-16/h2-12H,13-14H2,1H3. The molecule has 0 aliphatic rings. The van der Waals surface area contributed by atoms with Crippen LogP contribution in [0.3, 0.4) is 0 Å². The maximum atomic E-state index is 11.9. The van der Waals surface area contributed by atoms with Gasteiger partial charge in [0.2, 0.25) is 0 Å². The van der Waals surface area contributed by atoms with E-state index >= 15 is 0 Å². The van der Waals surface area contributed by atoms with Crippen LogP contribution in [0.15, 0.2) is 81.4 Å². The summed E-state index contributed by atoms with van der Waals surface area (Å²) in [5, 5.41) is 1.91. The summed E-state index contributed by atoms with van der Waals surface area (Å²) in [7, 11) is 0. The lowest BCUT2D eigenvalue weighted by Gasteiger charge is -2.09. The summed E-state index contributed by atoms with van der Waals surface area (Å²) < 4.78 is 7.46. The molecule has 0 N–H and O–H groups in total. The van der Waals surface area contributed by atoms with Crippen molar-refractivity contribution in [2.45, 2.75) is 24.4 Å². The number of aryl methyl sites for hydroxylation is 1. The SMILES string of the molecule is Cc1ccc2c(CSc3nccn3Cc3ccccc3)cc(=O)oc2c1. The van der Waals surface area contributed by atoms with Gasteiger partial charge in [-0.05, 0) is 29.7 Å². The number of nitrogens with zero attached hydrogens (tertiary/aromatic N) is 2. The molecule has 0 spiro atoms. The number of hydrogen-bond donors (Lipinski definition) is 0. The highest BCUT2D eigenvalue weighted by atomic mass is 32.2. The number of fused-ring (bicyclic) bond motifs is 1. The van der Waals surface area contributed by atoms with Crippen LogP contribution in [0.5, 0.6) is 0 Å². The topological polar surface area (TPSA) is 48.0 Å². The van der Waals surface area contributed by atoms with Crippen LogP contribution in [0.2, 0.25) is 0 Å². The van der Waals surface area contributed by atoms with Crippen LogP contribution < -0.4 is 5.63 Å². The molecule has 0 unspecified atom stereocenters. The van der Waals surface area contributed by atoms with Gasteiger partial charge in [-0.15, -0.1) is 0 Å². The lowest BCUT2D eigenvalue weighted by molar-refractivity contribution is 0.559. The van der Waals surface area contributed by atoms with Gasteiger partial charge < -0.3 is 8.98 Å². The summed E-state index contributed by atoms with van der Waals surface area (Å²) in [5.74, 6) is 0.664. The van der Waals surface area contributed by atoms with Gasteiger partial charge in [0.05, 0.1) is 0 Å². The molecule has 0 aliphatic carbocycles. The van der Waals surface area contributed by atoms with E-state index in [1.54, 1.807) is 17.8 Å². The van der Waals surface area contributed by atoms with E-state index in [2.05, 4.69) is 21.7 Å². The van der Waals surface area contributed by atoms with E-state index in [9.17, 15) is 4.79 Å². The van der Waals surface area contributed by atoms with Gasteiger partial charge in [0.1, 0.15) is 5.58 Å². The largest absolute Gasteiger partial charge is 0.423 e. The van der Waals surface area contributed by atoms with Crippen molar-refractivity contribution in [1.82, 2.24) is 9.55 Å². The Morgan fingerprint density at radius 1 is 1.12 bits per heavy atom. The molecule has 2 heterocycles. The van der Waals surface area contributed by atoms with Crippen LogP contribution in [0.25, 0.3) is 11.0 Å². The van der Waals surface area contributed by atoms with Crippen molar-refractivity contribution in [2.75, 3.05) is 0 Å². The van der Waals surface area contributed by atoms with E-state index in [0.29, 0.717) is 11.3 Å². The summed E-state index contributed by atoms with van der Waals surface area (Å²) in [6.07, 6.45) is 3.79. The van der Waals surface area contributed by atoms with Crippen LogP contribution in [-0.2, 0) is 12.3 Å². The Morgan fingerprint density at radius 2 is 1.96 bits per heavy atom. The Balaban J connectivity index is 1.58. The van der Waals surface area contributed by atoms with E-state index in [-0.39, 0.29) is 5.63 Å². The molecule has 4 nitrogen and oxygen atoms in total. The first-order valence-electron chi connectivity index (χ1n) is 8.40. The second-order valence-electron chi connectivity index (χ2n) is 6.20. The minimum atomic E-state index is -0.314. The van der Waals surface area contributed by atoms with Gasteiger partial charge in [-0.25, -0.2) is 9.78 Å². The van der Waals surface area contributed by atoms with Crippen molar-refractivity contribution in [3.8, 4) is 0 Å². The fraction of sp³-hybridized carbons (Fsp3) is 0.143. The molecule has 0 atom stereocenters. The average Bonchev–Trinajstić information content (AvgIpc) is 3.07. The molecule has 130 valence electrons. The highest BCUT2D eigenvalue weighted by Crippen LogP contribution is 2.26. The lowest BCUT2D eigenvalue weighted by atomic mass is 10.1. The fourth-order valence-corrected chi connectivity index (χ4v) is 3.89. The van der Waals surface area contributed by atoms with Gasteiger partial charge in [0.25, 0.3) is 0 Å². The molecule has 4 aromatic rings. The molecular weight excluding hydrogens is 344 g/mol. The highest BCUT2D eigenvalue weighted by molar-refractivity contribution is 7.98. The molecule has 26 heavy (non-hydrogen) atoms. The third kappa shape index (κ3) is 3.58. The number of imidazole rings is 1. The molecule has 0 fully saturated rings. The Kier molecular flexibility index (Phi) is 4.63. The molecule has 0 saturated carbocycles. The number of benzene rings is 2. The third-order valence-electron chi connectivity index (χ3n) is 4.22. The first-order valence-corrected chi connectivity index (χ1v) is 9.39. The zero-order valence-electron chi connectivity index (χ0n) is 14.4. The molecule has 5 heteroatoms. The van der Waals surface area contributed by atoms with E-state index in [1.165, 1.54) is 5.56 Å². The van der Waals surface area contributed by atoms with Gasteiger partial charge in [-0.2, -0.15) is 0 Å². The van der Waals surface area contributed by atoms with Gasteiger partial charge in [0.15, 0.2) is 5.16 Å². The zero-order chi connectivity index (χ0) is 17.9. The molecule has 0 amide bonds. The number of aromatic nitrogens is 2. The summed E-state index contributed by atoms with van der Waals surface area (Å²) in [6, 6.07) is 17.8. The second kappa shape index (κ2) is 7.22. The van der Waals surface area contributed by atoms with Crippen molar-refractivity contribution in [3.63, 3.8) is 0 Å². The van der Waals surface area contributed by atoms with E-state index in [0.717, 1.165) is 28.2 Å². The monoisotopic (exact) mass is 362 g/mol. The second-order valence-corrected chi connectivity index (χ2v) is 7.14. The van der Waals surface area contributed by atoms with Gasteiger partial charge >= 0.3 is 5.63 Å². The summed E-state index contributed by atoms with van der Waals surface area (Å²) >= 11 is 1.63. The average molecular weight is 362 g/mol. The number of thioether (sulfide) groups is 1. The van der Waals surface area contributed by atoms with Crippen LogP contribution in [-0.4, -0.2) is 9.55 Å². The van der Waals surface area contributed by atoms with Crippen LogP contribution in [0, 0.1) is 6.92 Å². The predicted molar refractivity (Wildman–Crippen MR) is 105 cm³/mol. The van der Waals surface area contributed by atoms with Crippen LogP contribution in [0.1, 0.15) is 16.7 Å². The molecular formula is C21H18N2O2S. The lowest BCUT2D eigenvalue weighted by Crippen LogP contribution is -2.02.